The molecule has 1 aromatic heterocycles. The molecule has 0 radical (unpaired) electrons. The van der Waals surface area contributed by atoms with Gasteiger partial charge in [-0.3, -0.25) is 9.59 Å². The second-order valence-corrected chi connectivity index (χ2v) is 5.33. The molecule has 0 spiro atoms. The minimum atomic E-state index is -0.973. The summed E-state index contributed by atoms with van der Waals surface area (Å²) in [5.74, 6) is -0.779. The Bertz CT molecular complexity index is 860. The SMILES string of the molecule is O=C(c1ccccc1)n1c(=O)cnn([C@H]2C[C@H](O)[C@@H](CO)O2)c1=O. The molecule has 2 heterocycles. The van der Waals surface area contributed by atoms with E-state index in [2.05, 4.69) is 5.10 Å². The van der Waals surface area contributed by atoms with Gasteiger partial charge < -0.3 is 14.9 Å². The Morgan fingerprint density at radius 1 is 1.29 bits per heavy atom. The number of aliphatic hydroxyl groups is 2. The van der Waals surface area contributed by atoms with Crippen LogP contribution in [0.4, 0.5) is 0 Å². The monoisotopic (exact) mass is 333 g/mol. The maximum atomic E-state index is 12.5. The Kier molecular flexibility index (Phi) is 4.38. The smallest absolute Gasteiger partial charge is 0.357 e. The van der Waals surface area contributed by atoms with Gasteiger partial charge in [-0.1, -0.05) is 18.2 Å². The highest BCUT2D eigenvalue weighted by atomic mass is 16.5. The van der Waals surface area contributed by atoms with Gasteiger partial charge in [0, 0.05) is 12.0 Å². The number of carbonyl (C=O) groups is 1. The molecule has 1 aromatic carbocycles. The molecule has 0 unspecified atom stereocenters. The fourth-order valence-electron chi connectivity index (χ4n) is 2.54. The highest BCUT2D eigenvalue weighted by molar-refractivity contribution is 5.95. The van der Waals surface area contributed by atoms with Crippen LogP contribution in [0, 0.1) is 0 Å². The van der Waals surface area contributed by atoms with Crippen LogP contribution >= 0.6 is 0 Å². The molecule has 0 amide bonds. The van der Waals surface area contributed by atoms with Gasteiger partial charge in [0.2, 0.25) is 0 Å². The third kappa shape index (κ3) is 2.80. The lowest BCUT2D eigenvalue weighted by Crippen LogP contribution is -2.45. The van der Waals surface area contributed by atoms with Gasteiger partial charge in [0.05, 0.1) is 12.7 Å². The lowest BCUT2D eigenvalue weighted by Gasteiger charge is -2.14. The maximum absolute atomic E-state index is 12.5. The fraction of sp³-hybridized carbons (Fsp3) is 0.333. The Labute approximate surface area is 135 Å². The highest BCUT2D eigenvalue weighted by Crippen LogP contribution is 2.26. The van der Waals surface area contributed by atoms with Crippen LogP contribution in [0.5, 0.6) is 0 Å². The molecule has 9 heteroatoms. The third-order valence-electron chi connectivity index (χ3n) is 3.78. The van der Waals surface area contributed by atoms with Crippen LogP contribution in [0.2, 0.25) is 0 Å². The molecule has 0 aliphatic carbocycles. The molecule has 1 aliphatic heterocycles. The van der Waals surface area contributed by atoms with E-state index < -0.39 is 42.2 Å². The van der Waals surface area contributed by atoms with Crippen molar-refractivity contribution < 1.29 is 19.7 Å². The number of nitrogens with zero attached hydrogens (tertiary/aromatic N) is 3. The lowest BCUT2D eigenvalue weighted by molar-refractivity contribution is -0.0510. The van der Waals surface area contributed by atoms with Gasteiger partial charge in [-0.15, -0.1) is 0 Å². The van der Waals surface area contributed by atoms with E-state index >= 15 is 0 Å². The van der Waals surface area contributed by atoms with Gasteiger partial charge in [0.15, 0.2) is 6.23 Å². The zero-order valence-electron chi connectivity index (χ0n) is 12.5. The Morgan fingerprint density at radius 3 is 2.62 bits per heavy atom. The fourth-order valence-corrected chi connectivity index (χ4v) is 2.54. The highest BCUT2D eigenvalue weighted by Gasteiger charge is 2.36. The second kappa shape index (κ2) is 6.48. The summed E-state index contributed by atoms with van der Waals surface area (Å²) in [5.41, 5.74) is -1.65. The molecule has 0 saturated carbocycles. The van der Waals surface area contributed by atoms with Crippen molar-refractivity contribution >= 4 is 5.91 Å². The Morgan fingerprint density at radius 2 is 2.00 bits per heavy atom. The van der Waals surface area contributed by atoms with E-state index in [1.807, 2.05) is 0 Å². The van der Waals surface area contributed by atoms with Gasteiger partial charge >= 0.3 is 5.69 Å². The van der Waals surface area contributed by atoms with Crippen molar-refractivity contribution in [3.05, 3.63) is 62.9 Å². The zero-order valence-corrected chi connectivity index (χ0v) is 12.5. The first-order chi connectivity index (χ1) is 11.5. The molecule has 9 nitrogen and oxygen atoms in total. The summed E-state index contributed by atoms with van der Waals surface area (Å²) in [6.07, 6.45) is -1.95. The second-order valence-electron chi connectivity index (χ2n) is 5.33. The van der Waals surface area contributed by atoms with Crippen molar-refractivity contribution in [2.24, 2.45) is 0 Å². The van der Waals surface area contributed by atoms with Crippen molar-refractivity contribution in [1.82, 2.24) is 14.3 Å². The van der Waals surface area contributed by atoms with E-state index in [4.69, 9.17) is 9.84 Å². The Hall–Kier alpha value is -2.62. The summed E-state index contributed by atoms with van der Waals surface area (Å²) in [5, 5.41) is 22.6. The van der Waals surface area contributed by atoms with Crippen LogP contribution < -0.4 is 11.2 Å². The van der Waals surface area contributed by atoms with Gasteiger partial charge in [-0.25, -0.2) is 4.79 Å². The molecule has 1 aliphatic rings. The molecule has 1 fully saturated rings. The van der Waals surface area contributed by atoms with Crippen molar-refractivity contribution in [3.8, 4) is 0 Å². The normalized spacial score (nSPS) is 23.3. The summed E-state index contributed by atoms with van der Waals surface area (Å²) in [6, 6.07) is 7.89. The molecule has 1 saturated heterocycles. The van der Waals surface area contributed by atoms with Crippen LogP contribution in [-0.2, 0) is 4.74 Å². The van der Waals surface area contributed by atoms with Crippen molar-refractivity contribution in [3.63, 3.8) is 0 Å². The number of carbonyl (C=O) groups excluding carboxylic acids is 1. The third-order valence-corrected chi connectivity index (χ3v) is 3.78. The van der Waals surface area contributed by atoms with Crippen molar-refractivity contribution in [2.75, 3.05) is 6.61 Å². The predicted molar refractivity (Wildman–Crippen MR) is 80.5 cm³/mol. The zero-order chi connectivity index (χ0) is 17.3. The minimum Gasteiger partial charge on any atom is -0.394 e. The van der Waals surface area contributed by atoms with Gasteiger partial charge in [0.25, 0.3) is 11.5 Å². The molecule has 2 aromatic rings. The molecule has 0 bridgehead atoms. The van der Waals surface area contributed by atoms with E-state index in [0.29, 0.717) is 4.57 Å². The molecule has 126 valence electrons. The molecule has 24 heavy (non-hydrogen) atoms. The van der Waals surface area contributed by atoms with Gasteiger partial charge in [-0.2, -0.15) is 14.3 Å². The van der Waals surface area contributed by atoms with Crippen LogP contribution in [0.25, 0.3) is 0 Å². The average Bonchev–Trinajstić information content (AvgIpc) is 2.96. The number of hydrogen-bond donors (Lipinski definition) is 2. The van der Waals surface area contributed by atoms with E-state index in [-0.39, 0.29) is 12.0 Å². The van der Waals surface area contributed by atoms with Crippen LogP contribution in [0.3, 0.4) is 0 Å². The van der Waals surface area contributed by atoms with Crippen LogP contribution in [0.1, 0.15) is 23.0 Å². The summed E-state index contributed by atoms with van der Waals surface area (Å²) in [6.45, 7) is -0.422. The first-order valence-corrected chi connectivity index (χ1v) is 7.28. The average molecular weight is 333 g/mol. The summed E-state index contributed by atoms with van der Waals surface area (Å²) >= 11 is 0. The van der Waals surface area contributed by atoms with E-state index in [1.54, 1.807) is 18.2 Å². The topological polar surface area (TPSA) is 124 Å². The number of aromatic nitrogens is 3. The van der Waals surface area contributed by atoms with Gasteiger partial charge in [-0.05, 0) is 12.1 Å². The predicted octanol–water partition coefficient (Wildman–Crippen LogP) is -1.27. The summed E-state index contributed by atoms with van der Waals surface area (Å²) in [7, 11) is 0. The van der Waals surface area contributed by atoms with Crippen LogP contribution in [0.15, 0.2) is 46.1 Å². The minimum absolute atomic E-state index is 0.00979. The standard InChI is InChI=1S/C15H15N3O6/c19-8-11-10(20)6-13(24-11)18-15(23)17(12(21)7-16-18)14(22)9-4-2-1-3-5-9/h1-5,7,10-11,13,19-20H,6,8H2/t10-,11+,13+/m0/s1. The molecule has 3 atom stereocenters. The number of benzene rings is 1. The quantitative estimate of drug-likeness (QED) is 0.718. The van der Waals surface area contributed by atoms with E-state index in [1.165, 1.54) is 12.1 Å². The largest absolute Gasteiger partial charge is 0.394 e. The number of ether oxygens (including phenoxy) is 1. The summed E-state index contributed by atoms with van der Waals surface area (Å²) < 4.78 is 6.63. The number of aliphatic hydroxyl groups excluding tert-OH is 2. The molecular weight excluding hydrogens is 318 g/mol. The van der Waals surface area contributed by atoms with Crippen molar-refractivity contribution in [1.29, 1.82) is 0 Å². The first kappa shape index (κ1) is 16.2. The van der Waals surface area contributed by atoms with E-state index in [0.717, 1.165) is 10.9 Å². The van der Waals surface area contributed by atoms with E-state index in [9.17, 15) is 19.5 Å². The molecular formula is C15H15N3O6. The lowest BCUT2D eigenvalue weighted by atomic mass is 10.2. The molecule has 3 rings (SSSR count). The number of rotatable bonds is 3. The van der Waals surface area contributed by atoms with Gasteiger partial charge in [0.1, 0.15) is 12.3 Å². The Balaban J connectivity index is 2.02. The maximum Gasteiger partial charge on any atom is 0.357 e. The summed E-state index contributed by atoms with van der Waals surface area (Å²) in [4.78, 5) is 36.9. The van der Waals surface area contributed by atoms with Crippen LogP contribution in [-0.4, -0.2) is 49.3 Å². The number of hydrogen-bond acceptors (Lipinski definition) is 7. The van der Waals surface area contributed by atoms with Crippen molar-refractivity contribution in [2.45, 2.75) is 24.9 Å². The molecule has 2 N–H and O–H groups in total. The first-order valence-electron chi connectivity index (χ1n) is 7.28.